The molecule has 0 N–H and O–H groups in total. The summed E-state index contributed by atoms with van der Waals surface area (Å²) in [6, 6.07) is 12.2. The highest BCUT2D eigenvalue weighted by Crippen LogP contribution is 2.27. The van der Waals surface area contributed by atoms with Crippen molar-refractivity contribution in [3.05, 3.63) is 58.1 Å². The minimum Gasteiger partial charge on any atom is -0.492 e. The number of carbonyl (C=O) groups is 1. The summed E-state index contributed by atoms with van der Waals surface area (Å²) in [5, 5.41) is 9.77. The molecule has 0 heterocycles. The molecule has 0 aliphatic rings. The van der Waals surface area contributed by atoms with Gasteiger partial charge in [0.05, 0.1) is 22.8 Å². The monoisotopic (exact) mass is 399 g/mol. The molecule has 0 amide bonds. The largest absolute Gasteiger partial charge is 0.492 e. The van der Waals surface area contributed by atoms with Crippen LogP contribution in [0.15, 0.2) is 36.4 Å². The molecular weight excluding hydrogens is 374 g/mol. The maximum absolute atomic E-state index is 12.5. The lowest BCUT2D eigenvalue weighted by atomic mass is 10.1. The molecule has 0 saturated heterocycles. The molecule has 4 nitrogen and oxygen atoms in total. The van der Waals surface area contributed by atoms with Crippen molar-refractivity contribution < 1.29 is 14.3 Å². The fourth-order valence-electron chi connectivity index (χ4n) is 2.81. The van der Waals surface area contributed by atoms with Crippen LogP contribution in [0.1, 0.15) is 67.4 Å². The van der Waals surface area contributed by atoms with Gasteiger partial charge in [0.15, 0.2) is 0 Å². The molecule has 0 spiro atoms. The summed E-state index contributed by atoms with van der Waals surface area (Å²) in [7, 11) is 0. The standard InChI is InChI=1S/C23H26ClNO3/c1-3-5-6-7-13-27-21-12-10-18(15-19(21)16-25)23(26)28-22-11-9-17(8-4-2)14-20(22)24/h9-12,14-15H,3-8,13H2,1-2H3. The molecule has 0 atom stereocenters. The molecular formula is C23H26ClNO3. The van der Waals surface area contributed by atoms with Crippen molar-refractivity contribution in [3.8, 4) is 17.6 Å². The first-order chi connectivity index (χ1) is 13.6. The number of hydrogen-bond donors (Lipinski definition) is 0. The maximum Gasteiger partial charge on any atom is 0.343 e. The average molecular weight is 400 g/mol. The highest BCUT2D eigenvalue weighted by molar-refractivity contribution is 6.32. The second-order valence-electron chi connectivity index (χ2n) is 6.64. The van der Waals surface area contributed by atoms with Gasteiger partial charge in [-0.2, -0.15) is 5.26 Å². The second kappa shape index (κ2) is 11.4. The van der Waals surface area contributed by atoms with E-state index in [1.807, 2.05) is 12.1 Å². The van der Waals surface area contributed by atoms with Crippen molar-refractivity contribution in [2.45, 2.75) is 52.4 Å². The first kappa shape index (κ1) is 21.8. The molecule has 0 unspecified atom stereocenters. The lowest BCUT2D eigenvalue weighted by Gasteiger charge is -2.10. The van der Waals surface area contributed by atoms with E-state index in [1.165, 1.54) is 12.5 Å². The highest BCUT2D eigenvalue weighted by atomic mass is 35.5. The fourth-order valence-corrected chi connectivity index (χ4v) is 3.05. The van der Waals surface area contributed by atoms with Crippen molar-refractivity contribution >= 4 is 17.6 Å². The molecule has 0 aromatic heterocycles. The van der Waals surface area contributed by atoms with Gasteiger partial charge >= 0.3 is 5.97 Å². The van der Waals surface area contributed by atoms with Gasteiger partial charge in [-0.15, -0.1) is 0 Å². The zero-order valence-corrected chi connectivity index (χ0v) is 17.2. The number of hydrogen-bond acceptors (Lipinski definition) is 4. The van der Waals surface area contributed by atoms with E-state index < -0.39 is 5.97 Å². The number of carbonyl (C=O) groups excluding carboxylic acids is 1. The van der Waals surface area contributed by atoms with Crippen LogP contribution in [0.25, 0.3) is 0 Å². The second-order valence-corrected chi connectivity index (χ2v) is 7.04. The topological polar surface area (TPSA) is 59.3 Å². The van der Waals surface area contributed by atoms with Crippen LogP contribution in [0.3, 0.4) is 0 Å². The molecule has 0 aliphatic carbocycles. The van der Waals surface area contributed by atoms with Gasteiger partial charge in [-0.1, -0.05) is 57.2 Å². The number of unbranched alkanes of at least 4 members (excludes halogenated alkanes) is 3. The minimum atomic E-state index is -0.559. The fraction of sp³-hybridized carbons (Fsp3) is 0.391. The van der Waals surface area contributed by atoms with E-state index in [4.69, 9.17) is 21.1 Å². The van der Waals surface area contributed by atoms with E-state index in [2.05, 4.69) is 19.9 Å². The van der Waals surface area contributed by atoms with Crippen LogP contribution >= 0.6 is 11.6 Å². The number of aryl methyl sites for hydroxylation is 1. The van der Waals surface area contributed by atoms with Crippen molar-refractivity contribution in [3.63, 3.8) is 0 Å². The minimum absolute atomic E-state index is 0.281. The van der Waals surface area contributed by atoms with Gasteiger partial charge in [0.1, 0.15) is 17.6 Å². The van der Waals surface area contributed by atoms with Gasteiger partial charge in [0.2, 0.25) is 0 Å². The van der Waals surface area contributed by atoms with E-state index in [0.717, 1.165) is 37.7 Å². The Kier molecular flexibility index (Phi) is 8.84. The van der Waals surface area contributed by atoms with E-state index >= 15 is 0 Å². The summed E-state index contributed by atoms with van der Waals surface area (Å²) in [6.45, 7) is 4.80. The van der Waals surface area contributed by atoms with Crippen LogP contribution in [0, 0.1) is 11.3 Å². The number of esters is 1. The molecule has 148 valence electrons. The summed E-state index contributed by atoms with van der Waals surface area (Å²) in [5.41, 5.74) is 1.69. The lowest BCUT2D eigenvalue weighted by Crippen LogP contribution is -2.10. The van der Waals surface area contributed by atoms with Crippen molar-refractivity contribution in [1.29, 1.82) is 5.26 Å². The Morgan fingerprint density at radius 1 is 1.04 bits per heavy atom. The van der Waals surface area contributed by atoms with Gasteiger partial charge < -0.3 is 9.47 Å². The molecule has 28 heavy (non-hydrogen) atoms. The summed E-state index contributed by atoms with van der Waals surface area (Å²) in [5.74, 6) is 0.231. The molecule has 0 radical (unpaired) electrons. The predicted octanol–water partition coefficient (Wildman–Crippen LogP) is 6.34. The first-order valence-electron chi connectivity index (χ1n) is 9.76. The molecule has 0 aliphatic heterocycles. The Hall–Kier alpha value is -2.51. The number of ether oxygens (including phenoxy) is 2. The van der Waals surface area contributed by atoms with Gasteiger partial charge in [-0.25, -0.2) is 4.79 Å². The van der Waals surface area contributed by atoms with Crippen molar-refractivity contribution in [2.24, 2.45) is 0 Å². The molecule has 2 rings (SSSR count). The van der Waals surface area contributed by atoms with Crippen LogP contribution in [-0.2, 0) is 6.42 Å². The van der Waals surface area contributed by atoms with Crippen molar-refractivity contribution in [2.75, 3.05) is 6.61 Å². The van der Waals surface area contributed by atoms with Gasteiger partial charge in [0.25, 0.3) is 0 Å². The van der Waals surface area contributed by atoms with Crippen LogP contribution in [0.4, 0.5) is 0 Å². The van der Waals surface area contributed by atoms with E-state index in [0.29, 0.717) is 28.7 Å². The maximum atomic E-state index is 12.5. The number of rotatable bonds is 10. The van der Waals surface area contributed by atoms with Crippen molar-refractivity contribution in [1.82, 2.24) is 0 Å². The summed E-state index contributed by atoms with van der Waals surface area (Å²) in [4.78, 5) is 12.5. The van der Waals surface area contributed by atoms with Gasteiger partial charge in [-0.05, 0) is 48.7 Å². The number of nitrogens with zero attached hydrogens (tertiary/aromatic N) is 1. The Morgan fingerprint density at radius 3 is 2.50 bits per heavy atom. The third-order valence-corrected chi connectivity index (χ3v) is 4.62. The van der Waals surface area contributed by atoms with Crippen LogP contribution in [0.5, 0.6) is 11.5 Å². The number of benzene rings is 2. The molecule has 0 saturated carbocycles. The van der Waals surface area contributed by atoms with E-state index in [9.17, 15) is 10.1 Å². The molecule has 5 heteroatoms. The Morgan fingerprint density at radius 2 is 1.82 bits per heavy atom. The third-order valence-electron chi connectivity index (χ3n) is 4.33. The SMILES string of the molecule is CCCCCCOc1ccc(C(=O)Oc2ccc(CCC)cc2Cl)cc1C#N. The number of halogens is 1. The van der Waals surface area contributed by atoms with E-state index in [-0.39, 0.29) is 5.56 Å². The zero-order valence-electron chi connectivity index (χ0n) is 16.5. The van der Waals surface area contributed by atoms with Gasteiger partial charge in [0, 0.05) is 0 Å². The predicted molar refractivity (Wildman–Crippen MR) is 111 cm³/mol. The van der Waals surface area contributed by atoms with Crippen LogP contribution < -0.4 is 9.47 Å². The molecule has 2 aromatic rings. The smallest absolute Gasteiger partial charge is 0.343 e. The quantitative estimate of drug-likeness (QED) is 0.265. The van der Waals surface area contributed by atoms with Crippen LogP contribution in [0.2, 0.25) is 5.02 Å². The Balaban J connectivity index is 2.04. The Labute approximate surface area is 172 Å². The Bertz CT molecular complexity index is 842. The summed E-state index contributed by atoms with van der Waals surface area (Å²) < 4.78 is 11.1. The number of nitriles is 1. The zero-order chi connectivity index (χ0) is 20.4. The molecule has 2 aromatic carbocycles. The average Bonchev–Trinajstić information content (AvgIpc) is 2.70. The molecule has 0 fully saturated rings. The normalized spacial score (nSPS) is 10.4. The lowest BCUT2D eigenvalue weighted by molar-refractivity contribution is 0.0734. The third kappa shape index (κ3) is 6.28. The summed E-state index contributed by atoms with van der Waals surface area (Å²) >= 11 is 6.22. The van der Waals surface area contributed by atoms with Crippen LogP contribution in [-0.4, -0.2) is 12.6 Å². The van der Waals surface area contributed by atoms with Gasteiger partial charge in [-0.3, -0.25) is 0 Å². The first-order valence-corrected chi connectivity index (χ1v) is 10.1. The highest BCUT2D eigenvalue weighted by Gasteiger charge is 2.14. The molecule has 0 bridgehead atoms. The van der Waals surface area contributed by atoms with E-state index in [1.54, 1.807) is 18.2 Å². The summed E-state index contributed by atoms with van der Waals surface area (Å²) in [6.07, 6.45) is 6.29.